The highest BCUT2D eigenvalue weighted by Gasteiger charge is 2.21. The van der Waals surface area contributed by atoms with Gasteiger partial charge < -0.3 is 14.3 Å². The fourth-order valence-electron chi connectivity index (χ4n) is 2.59. The highest BCUT2D eigenvalue weighted by Crippen LogP contribution is 2.10. The second-order valence-corrected chi connectivity index (χ2v) is 7.46. The largest absolute Gasteiger partial charge is 0.492 e. The lowest BCUT2D eigenvalue weighted by molar-refractivity contribution is -0.873. The molecule has 0 aliphatic rings. The number of carbonyl (C=O) groups is 1. The van der Waals surface area contributed by atoms with Crippen molar-refractivity contribution in [2.75, 3.05) is 27.7 Å². The Kier molecular flexibility index (Phi) is 12.8. The van der Waals surface area contributed by atoms with E-state index in [-0.39, 0.29) is 12.5 Å². The lowest BCUT2D eigenvalue weighted by atomic mass is 10.1. The van der Waals surface area contributed by atoms with Crippen LogP contribution in [0.15, 0.2) is 12.3 Å². The molecule has 0 aliphatic heterocycles. The number of quaternary nitrogens is 1. The Morgan fingerprint density at radius 1 is 1.04 bits per heavy atom. The number of likely N-dealkylation sites (N-methyl/N-ethyl adjacent to an activating group) is 1. The summed E-state index contributed by atoms with van der Waals surface area (Å²) in [5.74, 6) is -0.806. The normalized spacial score (nSPS) is 13.4. The molecule has 0 aromatic heterocycles. The molecule has 4 nitrogen and oxygen atoms in total. The quantitative estimate of drug-likeness (QED) is 0.271. The van der Waals surface area contributed by atoms with E-state index in [9.17, 15) is 4.79 Å². The Hall–Kier alpha value is -1.03. The monoisotopic (exact) mass is 328 g/mol. The molecule has 1 unspecified atom stereocenters. The summed E-state index contributed by atoms with van der Waals surface area (Å²) in [6, 6.07) is 0. The summed E-state index contributed by atoms with van der Waals surface area (Å²) in [4.78, 5) is 10.9. The first-order valence-electron chi connectivity index (χ1n) is 9.18. The van der Waals surface area contributed by atoms with E-state index in [0.717, 1.165) is 6.42 Å². The van der Waals surface area contributed by atoms with Gasteiger partial charge in [-0.1, -0.05) is 51.9 Å². The molecule has 4 heteroatoms. The molecular weight excluding hydrogens is 290 g/mol. The summed E-state index contributed by atoms with van der Waals surface area (Å²) < 4.78 is 6.32. The van der Waals surface area contributed by atoms with E-state index in [2.05, 4.69) is 6.92 Å². The number of ether oxygens (including phenoxy) is 1. The van der Waals surface area contributed by atoms with Crippen molar-refractivity contribution in [3.63, 3.8) is 0 Å². The first kappa shape index (κ1) is 22.0. The minimum absolute atomic E-state index is 0.0532. The fraction of sp³-hybridized carbons (Fsp3) is 0.842. The number of nitrogens with zero attached hydrogens (tertiary/aromatic N) is 1. The summed E-state index contributed by atoms with van der Waals surface area (Å²) in [6.07, 6.45) is 15.1. The number of unbranched alkanes of at least 4 members (excludes halogenated alkanes) is 8. The molecule has 23 heavy (non-hydrogen) atoms. The van der Waals surface area contributed by atoms with Crippen LogP contribution in [0.25, 0.3) is 0 Å². The van der Waals surface area contributed by atoms with E-state index in [1.54, 1.807) is 6.26 Å². The number of carboxylic acid groups (broad SMARTS) is 1. The maximum Gasteiger partial charge on any atom is 0.307 e. The van der Waals surface area contributed by atoms with Gasteiger partial charge in [-0.25, -0.2) is 0 Å². The molecule has 0 saturated heterocycles. The third-order valence-corrected chi connectivity index (χ3v) is 3.75. The van der Waals surface area contributed by atoms with Crippen molar-refractivity contribution in [2.24, 2.45) is 0 Å². The average molecular weight is 329 g/mol. The second-order valence-electron chi connectivity index (χ2n) is 7.46. The van der Waals surface area contributed by atoms with Crippen molar-refractivity contribution in [2.45, 2.75) is 77.2 Å². The van der Waals surface area contributed by atoms with Crippen LogP contribution in [0.1, 0.15) is 71.1 Å². The zero-order chi connectivity index (χ0) is 17.6. The molecule has 0 aliphatic carbocycles. The zero-order valence-electron chi connectivity index (χ0n) is 15.7. The number of hydrogen-bond donors (Lipinski definition) is 1. The third kappa shape index (κ3) is 17.2. The Balaban J connectivity index is 3.73. The van der Waals surface area contributed by atoms with Gasteiger partial charge in [-0.2, -0.15) is 0 Å². The molecule has 1 N–H and O–H groups in total. The van der Waals surface area contributed by atoms with Gasteiger partial charge in [0.2, 0.25) is 0 Å². The lowest BCUT2D eigenvalue weighted by Gasteiger charge is -2.28. The van der Waals surface area contributed by atoms with Gasteiger partial charge in [-0.3, -0.25) is 4.79 Å². The number of rotatable bonds is 15. The topological polar surface area (TPSA) is 46.5 Å². The zero-order valence-corrected chi connectivity index (χ0v) is 15.7. The lowest BCUT2D eigenvalue weighted by Crippen LogP contribution is -2.42. The number of carboxylic acids is 1. The van der Waals surface area contributed by atoms with Crippen molar-refractivity contribution in [1.29, 1.82) is 0 Å². The minimum atomic E-state index is -0.806. The maximum absolute atomic E-state index is 10.9. The van der Waals surface area contributed by atoms with Crippen LogP contribution in [-0.4, -0.2) is 49.4 Å². The van der Waals surface area contributed by atoms with Gasteiger partial charge in [0.25, 0.3) is 0 Å². The molecule has 0 rings (SSSR count). The average Bonchev–Trinajstić information content (AvgIpc) is 2.42. The van der Waals surface area contributed by atoms with E-state index in [0.29, 0.717) is 11.0 Å². The Morgan fingerprint density at radius 2 is 1.61 bits per heavy atom. The first-order valence-corrected chi connectivity index (χ1v) is 9.18. The predicted molar refractivity (Wildman–Crippen MR) is 96.4 cm³/mol. The molecule has 1 atom stereocenters. The summed E-state index contributed by atoms with van der Waals surface area (Å²) in [7, 11) is 6.13. The maximum atomic E-state index is 10.9. The highest BCUT2D eigenvalue weighted by atomic mass is 16.5. The van der Waals surface area contributed by atoms with E-state index >= 15 is 0 Å². The molecule has 0 aromatic carbocycles. The summed E-state index contributed by atoms with van der Waals surface area (Å²) in [5.41, 5.74) is 0. The van der Waals surface area contributed by atoms with E-state index < -0.39 is 5.97 Å². The first-order chi connectivity index (χ1) is 10.8. The molecular formula is C19H38NO3+. The van der Waals surface area contributed by atoms with Crippen molar-refractivity contribution in [1.82, 2.24) is 0 Å². The molecule has 0 heterocycles. The van der Waals surface area contributed by atoms with Crippen molar-refractivity contribution in [3.8, 4) is 0 Å². The molecule has 0 fully saturated rings. The van der Waals surface area contributed by atoms with E-state index in [1.807, 2.05) is 27.2 Å². The standard InChI is InChI=1S/C19H37NO3/c1-5-6-7-8-9-10-11-12-13-14-15-23-18(16-19(21)22)17-20(2,3)4/h14-15,18H,5-13,16-17H2,1-4H3/p+1. The van der Waals surface area contributed by atoms with Crippen LogP contribution in [0, 0.1) is 0 Å². The highest BCUT2D eigenvalue weighted by molar-refractivity contribution is 5.67. The summed E-state index contributed by atoms with van der Waals surface area (Å²) in [6.45, 7) is 2.93. The second kappa shape index (κ2) is 13.4. The molecule has 0 aromatic rings. The number of hydrogen-bond acceptors (Lipinski definition) is 2. The Bertz CT molecular complexity index is 321. The Labute approximate surface area is 143 Å². The molecule has 0 spiro atoms. The Morgan fingerprint density at radius 3 is 2.13 bits per heavy atom. The van der Waals surface area contributed by atoms with Crippen LogP contribution < -0.4 is 0 Å². The number of allylic oxidation sites excluding steroid dienone is 1. The van der Waals surface area contributed by atoms with Crippen LogP contribution >= 0.6 is 0 Å². The van der Waals surface area contributed by atoms with Gasteiger partial charge in [-0.15, -0.1) is 0 Å². The van der Waals surface area contributed by atoms with Crippen molar-refractivity contribution >= 4 is 5.97 Å². The summed E-state index contributed by atoms with van der Waals surface area (Å²) in [5, 5.41) is 8.95. The molecule has 0 saturated carbocycles. The van der Waals surface area contributed by atoms with Gasteiger partial charge in [0, 0.05) is 0 Å². The SMILES string of the molecule is CCCCCCCCCCC=COC(CC(=O)O)C[N+](C)(C)C. The number of aliphatic carboxylic acids is 1. The van der Waals surface area contributed by atoms with Crippen molar-refractivity contribution < 1.29 is 19.1 Å². The minimum Gasteiger partial charge on any atom is -0.492 e. The van der Waals surface area contributed by atoms with Gasteiger partial charge in [0.05, 0.1) is 33.8 Å². The van der Waals surface area contributed by atoms with E-state index in [4.69, 9.17) is 9.84 Å². The predicted octanol–water partition coefficient (Wildman–Crippen LogP) is 4.60. The van der Waals surface area contributed by atoms with Crippen molar-refractivity contribution in [3.05, 3.63) is 12.3 Å². The summed E-state index contributed by atoms with van der Waals surface area (Å²) >= 11 is 0. The van der Waals surface area contributed by atoms with Gasteiger partial charge in [0.1, 0.15) is 6.54 Å². The van der Waals surface area contributed by atoms with Crippen LogP contribution in [0.5, 0.6) is 0 Å². The molecule has 136 valence electrons. The van der Waals surface area contributed by atoms with Crippen LogP contribution in [0.2, 0.25) is 0 Å². The third-order valence-electron chi connectivity index (χ3n) is 3.75. The van der Waals surface area contributed by atoms with E-state index in [1.165, 1.54) is 51.4 Å². The fourth-order valence-corrected chi connectivity index (χ4v) is 2.59. The van der Waals surface area contributed by atoms with Crippen LogP contribution in [-0.2, 0) is 9.53 Å². The smallest absolute Gasteiger partial charge is 0.307 e. The van der Waals surface area contributed by atoms with Gasteiger partial charge in [0.15, 0.2) is 6.10 Å². The molecule has 0 radical (unpaired) electrons. The van der Waals surface area contributed by atoms with Crippen LogP contribution in [0.3, 0.4) is 0 Å². The van der Waals surface area contributed by atoms with Gasteiger partial charge >= 0.3 is 5.97 Å². The molecule has 0 bridgehead atoms. The van der Waals surface area contributed by atoms with Crippen LogP contribution in [0.4, 0.5) is 0 Å². The van der Waals surface area contributed by atoms with Gasteiger partial charge in [-0.05, 0) is 18.9 Å². The molecule has 0 amide bonds.